The Morgan fingerprint density at radius 1 is 1.26 bits per heavy atom. The van der Waals surface area contributed by atoms with Crippen LogP contribution in [0.15, 0.2) is 47.9 Å². The van der Waals surface area contributed by atoms with Crippen molar-refractivity contribution in [1.82, 2.24) is 4.98 Å². The summed E-state index contributed by atoms with van der Waals surface area (Å²) in [6, 6.07) is 9.48. The van der Waals surface area contributed by atoms with Crippen LogP contribution in [-0.4, -0.2) is 11.0 Å². The van der Waals surface area contributed by atoms with E-state index in [0.29, 0.717) is 10.8 Å². The Bertz CT molecular complexity index is 618. The maximum atomic E-state index is 11.5. The molecule has 1 aromatic heterocycles. The third-order valence-electron chi connectivity index (χ3n) is 2.12. The predicted octanol–water partition coefficient (Wildman–Crippen LogP) is 3.37. The van der Waals surface area contributed by atoms with Gasteiger partial charge in [-0.05, 0) is 30.3 Å². The number of hydrogen-bond acceptors (Lipinski definition) is 6. The Hall–Kier alpha value is -2.47. The number of benzene rings is 1. The summed E-state index contributed by atoms with van der Waals surface area (Å²) in [5, 5.41) is 2.55. The summed E-state index contributed by atoms with van der Waals surface area (Å²) in [6.07, 6.45) is 1.44. The Kier molecular flexibility index (Phi) is 4.04. The maximum Gasteiger partial charge on any atom is 0.374 e. The molecule has 0 unspecified atom stereocenters. The summed E-state index contributed by atoms with van der Waals surface area (Å²) in [5.74, 6) is -0.544. The van der Waals surface area contributed by atoms with Crippen molar-refractivity contribution in [2.24, 2.45) is 5.34 Å². The highest BCUT2D eigenvalue weighted by Gasteiger charge is 2.16. The van der Waals surface area contributed by atoms with Crippen molar-refractivity contribution in [1.29, 1.82) is 0 Å². The van der Waals surface area contributed by atoms with Gasteiger partial charge in [-0.3, -0.25) is 4.84 Å². The van der Waals surface area contributed by atoms with Crippen molar-refractivity contribution in [2.75, 3.05) is 0 Å². The van der Waals surface area contributed by atoms with E-state index in [1.165, 1.54) is 18.3 Å². The van der Waals surface area contributed by atoms with Crippen LogP contribution in [0.3, 0.4) is 0 Å². The van der Waals surface area contributed by atoms with Crippen LogP contribution in [0.4, 0.5) is 0 Å². The lowest BCUT2D eigenvalue weighted by atomic mass is 10.3. The highest BCUT2D eigenvalue weighted by molar-refractivity contribution is 6.30. The van der Waals surface area contributed by atoms with E-state index in [-0.39, 0.29) is 11.4 Å². The minimum absolute atomic E-state index is 0.00147. The van der Waals surface area contributed by atoms with Crippen LogP contribution in [0.25, 0.3) is 0 Å². The molecule has 2 rings (SSSR count). The molecular formula is C12H7ClN2O4. The SMILES string of the molecule is O=NOC(=O)c1cccnc1Oc1cccc(Cl)c1. The molecule has 0 saturated carbocycles. The smallest absolute Gasteiger partial charge is 0.374 e. The average Bonchev–Trinajstić information content (AvgIpc) is 2.39. The lowest BCUT2D eigenvalue weighted by Crippen LogP contribution is -2.04. The van der Waals surface area contributed by atoms with Crippen molar-refractivity contribution in [2.45, 2.75) is 0 Å². The standard InChI is InChI=1S/C12H7ClN2O4/c13-8-3-1-4-9(7-8)18-11-10(5-2-6-14-11)12(16)19-15-17/h1-7H. The van der Waals surface area contributed by atoms with Gasteiger partial charge in [-0.1, -0.05) is 17.7 Å². The van der Waals surface area contributed by atoms with Gasteiger partial charge in [0, 0.05) is 11.2 Å². The molecule has 0 N–H and O–H groups in total. The molecule has 0 amide bonds. The molecule has 0 aliphatic carbocycles. The molecule has 0 fully saturated rings. The van der Waals surface area contributed by atoms with Crippen LogP contribution in [0.2, 0.25) is 5.02 Å². The molecule has 0 saturated heterocycles. The average molecular weight is 279 g/mol. The maximum absolute atomic E-state index is 11.5. The molecule has 2 aromatic rings. The van der Waals surface area contributed by atoms with E-state index in [4.69, 9.17) is 16.3 Å². The zero-order chi connectivity index (χ0) is 13.7. The van der Waals surface area contributed by atoms with E-state index >= 15 is 0 Å². The molecule has 96 valence electrons. The quantitative estimate of drug-likeness (QED) is 0.633. The van der Waals surface area contributed by atoms with Crippen LogP contribution in [-0.2, 0) is 4.84 Å². The van der Waals surface area contributed by atoms with Crippen molar-refractivity contribution in [3.63, 3.8) is 0 Å². The minimum Gasteiger partial charge on any atom is -0.438 e. The highest BCUT2D eigenvalue weighted by Crippen LogP contribution is 2.25. The second kappa shape index (κ2) is 5.92. The fraction of sp³-hybridized carbons (Fsp3) is 0. The number of nitrogens with zero attached hydrogens (tertiary/aromatic N) is 2. The summed E-state index contributed by atoms with van der Waals surface area (Å²) in [7, 11) is 0. The van der Waals surface area contributed by atoms with Gasteiger partial charge in [-0.25, -0.2) is 9.78 Å². The van der Waals surface area contributed by atoms with Gasteiger partial charge in [-0.2, -0.15) is 0 Å². The van der Waals surface area contributed by atoms with Gasteiger partial charge in [0.25, 0.3) is 0 Å². The third-order valence-corrected chi connectivity index (χ3v) is 2.36. The molecule has 19 heavy (non-hydrogen) atoms. The van der Waals surface area contributed by atoms with Gasteiger partial charge >= 0.3 is 5.97 Å². The van der Waals surface area contributed by atoms with Gasteiger partial charge in [-0.15, -0.1) is 4.91 Å². The van der Waals surface area contributed by atoms with Gasteiger partial charge in [0.2, 0.25) is 5.88 Å². The first-order chi connectivity index (χ1) is 9.20. The van der Waals surface area contributed by atoms with Crippen molar-refractivity contribution in [3.05, 3.63) is 58.1 Å². The van der Waals surface area contributed by atoms with E-state index in [0.717, 1.165) is 0 Å². The summed E-state index contributed by atoms with van der Waals surface area (Å²) in [4.78, 5) is 29.3. The monoisotopic (exact) mass is 278 g/mol. The summed E-state index contributed by atoms with van der Waals surface area (Å²) >= 11 is 5.81. The molecule has 1 heterocycles. The first kappa shape index (κ1) is 13.0. The Morgan fingerprint density at radius 3 is 2.84 bits per heavy atom. The highest BCUT2D eigenvalue weighted by atomic mass is 35.5. The third kappa shape index (κ3) is 3.26. The predicted molar refractivity (Wildman–Crippen MR) is 67.0 cm³/mol. The van der Waals surface area contributed by atoms with Gasteiger partial charge < -0.3 is 4.74 Å². The summed E-state index contributed by atoms with van der Waals surface area (Å²) in [6.45, 7) is 0. The van der Waals surface area contributed by atoms with Crippen LogP contribution >= 0.6 is 11.6 Å². The molecule has 7 heteroatoms. The Balaban J connectivity index is 2.30. The van der Waals surface area contributed by atoms with Gasteiger partial charge in [0.15, 0.2) is 5.34 Å². The number of carbonyl (C=O) groups is 1. The lowest BCUT2D eigenvalue weighted by molar-refractivity contribution is 0.0504. The first-order valence-corrected chi connectivity index (χ1v) is 5.51. The van der Waals surface area contributed by atoms with E-state index in [9.17, 15) is 9.70 Å². The van der Waals surface area contributed by atoms with Crippen LogP contribution in [0, 0.1) is 4.91 Å². The molecule has 0 radical (unpaired) electrons. The lowest BCUT2D eigenvalue weighted by Gasteiger charge is -2.07. The van der Waals surface area contributed by atoms with Crippen molar-refractivity contribution >= 4 is 17.6 Å². The zero-order valence-electron chi connectivity index (χ0n) is 9.45. The zero-order valence-corrected chi connectivity index (χ0v) is 10.2. The van der Waals surface area contributed by atoms with Crippen molar-refractivity contribution < 1.29 is 14.4 Å². The first-order valence-electron chi connectivity index (χ1n) is 5.13. The molecule has 0 bridgehead atoms. The second-order valence-corrected chi connectivity index (χ2v) is 3.81. The molecular weight excluding hydrogens is 272 g/mol. The number of halogens is 1. The van der Waals surface area contributed by atoms with Crippen LogP contribution in [0.5, 0.6) is 11.6 Å². The van der Waals surface area contributed by atoms with E-state index < -0.39 is 5.97 Å². The summed E-state index contributed by atoms with van der Waals surface area (Å²) < 4.78 is 5.42. The molecule has 0 aliphatic heterocycles. The van der Waals surface area contributed by atoms with Crippen LogP contribution < -0.4 is 4.74 Å². The molecule has 0 atom stereocenters. The second-order valence-electron chi connectivity index (χ2n) is 3.37. The molecule has 0 aliphatic rings. The Labute approximate surface area is 112 Å². The number of rotatable bonds is 4. The fourth-order valence-corrected chi connectivity index (χ4v) is 1.53. The number of ether oxygens (including phenoxy) is 1. The fourth-order valence-electron chi connectivity index (χ4n) is 1.35. The largest absolute Gasteiger partial charge is 0.438 e. The minimum atomic E-state index is -0.944. The number of aromatic nitrogens is 1. The number of pyridine rings is 1. The van der Waals surface area contributed by atoms with E-state index in [1.54, 1.807) is 24.3 Å². The van der Waals surface area contributed by atoms with Gasteiger partial charge in [0.1, 0.15) is 11.3 Å². The van der Waals surface area contributed by atoms with E-state index in [1.807, 2.05) is 0 Å². The molecule has 0 spiro atoms. The topological polar surface area (TPSA) is 77.9 Å². The molecule has 6 nitrogen and oxygen atoms in total. The number of carbonyl (C=O) groups excluding carboxylic acids is 1. The molecule has 1 aromatic carbocycles. The summed E-state index contributed by atoms with van der Waals surface area (Å²) in [5.41, 5.74) is -0.0120. The van der Waals surface area contributed by atoms with Crippen molar-refractivity contribution in [3.8, 4) is 11.6 Å². The Morgan fingerprint density at radius 2 is 2.11 bits per heavy atom. The van der Waals surface area contributed by atoms with Gasteiger partial charge in [0.05, 0.1) is 0 Å². The van der Waals surface area contributed by atoms with E-state index in [2.05, 4.69) is 15.2 Å². The normalized spacial score (nSPS) is 9.74. The van der Waals surface area contributed by atoms with Crippen LogP contribution in [0.1, 0.15) is 10.4 Å². The number of hydrogen-bond donors (Lipinski definition) is 0.